The Morgan fingerprint density at radius 3 is 1.58 bits per heavy atom. The van der Waals surface area contributed by atoms with E-state index in [0.717, 1.165) is 55.3 Å². The number of furan rings is 1. The molecule has 0 saturated heterocycles. The van der Waals surface area contributed by atoms with Crippen molar-refractivity contribution in [1.29, 1.82) is 0 Å². The summed E-state index contributed by atoms with van der Waals surface area (Å²) in [4.78, 5) is 15.1. The van der Waals surface area contributed by atoms with E-state index in [1.54, 1.807) is 0 Å². The SMILES string of the molecule is Cc1cccc(-c2ccc(-c3cccc4c3oc3cccc(-c5nc(-c6ccccc6)nc(-c6ccc(-c7ccccc7)cc6)n5)c34)cc2)c1. The minimum absolute atomic E-state index is 0.599. The number of hydrogen-bond acceptors (Lipinski definition) is 4. The van der Waals surface area contributed by atoms with Gasteiger partial charge in [-0.15, -0.1) is 0 Å². The molecule has 0 unspecified atom stereocenters. The third-order valence-electron chi connectivity index (χ3n) is 9.23. The first-order valence-corrected chi connectivity index (χ1v) is 16.8. The Labute approximate surface area is 290 Å². The highest BCUT2D eigenvalue weighted by atomic mass is 16.3. The Balaban J connectivity index is 1.17. The van der Waals surface area contributed by atoms with Gasteiger partial charge in [-0.25, -0.2) is 15.0 Å². The first-order valence-electron chi connectivity index (χ1n) is 16.8. The summed E-state index contributed by atoms with van der Waals surface area (Å²) in [6, 6.07) is 58.6. The highest BCUT2D eigenvalue weighted by Crippen LogP contribution is 2.40. The number of benzene rings is 7. The molecule has 0 spiro atoms. The van der Waals surface area contributed by atoms with Crippen LogP contribution in [0.3, 0.4) is 0 Å². The van der Waals surface area contributed by atoms with Gasteiger partial charge in [-0.2, -0.15) is 0 Å². The molecule has 0 atom stereocenters. The fourth-order valence-corrected chi connectivity index (χ4v) is 6.71. The number of nitrogens with zero attached hydrogens (tertiary/aromatic N) is 3. The smallest absolute Gasteiger partial charge is 0.164 e. The van der Waals surface area contributed by atoms with E-state index < -0.39 is 0 Å². The molecule has 9 aromatic rings. The first-order chi connectivity index (χ1) is 24.7. The summed E-state index contributed by atoms with van der Waals surface area (Å²) in [5.41, 5.74) is 12.5. The van der Waals surface area contributed by atoms with Crippen molar-refractivity contribution in [3.63, 3.8) is 0 Å². The van der Waals surface area contributed by atoms with E-state index in [-0.39, 0.29) is 0 Å². The molecular weight excluding hydrogens is 611 g/mol. The zero-order valence-electron chi connectivity index (χ0n) is 27.4. The second-order valence-corrected chi connectivity index (χ2v) is 12.5. The Kier molecular flexibility index (Phi) is 7.33. The lowest BCUT2D eigenvalue weighted by molar-refractivity contribution is 0.670. The maximum Gasteiger partial charge on any atom is 0.164 e. The molecule has 0 saturated carbocycles. The minimum Gasteiger partial charge on any atom is -0.455 e. The average Bonchev–Trinajstić information content (AvgIpc) is 3.58. The van der Waals surface area contributed by atoms with Crippen molar-refractivity contribution in [2.75, 3.05) is 0 Å². The number of aryl methyl sites for hydroxylation is 1. The molecule has 0 N–H and O–H groups in total. The number of para-hydroxylation sites is 1. The molecule has 0 aliphatic carbocycles. The standard InChI is InChI=1S/C46H31N3O/c1-30-11-8-16-37(29-30)33-21-25-34(26-22-33)38-17-9-18-39-42-40(19-10-20-41(42)50-43(38)39)46-48-44(35-14-6-3-7-15-35)47-45(49-46)36-27-23-32(24-28-36)31-12-4-2-5-13-31/h2-29H,1H3. The lowest BCUT2D eigenvalue weighted by atomic mass is 9.97. The van der Waals surface area contributed by atoms with Crippen LogP contribution in [0.25, 0.3) is 89.5 Å². The summed E-state index contributed by atoms with van der Waals surface area (Å²) in [7, 11) is 0. The molecule has 7 aromatic carbocycles. The zero-order valence-corrected chi connectivity index (χ0v) is 27.4. The van der Waals surface area contributed by atoms with E-state index in [0.29, 0.717) is 17.5 Å². The van der Waals surface area contributed by atoms with Crippen molar-refractivity contribution in [3.8, 4) is 67.5 Å². The average molecular weight is 642 g/mol. The van der Waals surface area contributed by atoms with Crippen molar-refractivity contribution in [2.24, 2.45) is 0 Å². The Hall–Kier alpha value is -6.65. The van der Waals surface area contributed by atoms with Crippen LogP contribution in [-0.4, -0.2) is 15.0 Å². The highest BCUT2D eigenvalue weighted by Gasteiger charge is 2.19. The maximum absolute atomic E-state index is 6.64. The van der Waals surface area contributed by atoms with E-state index in [2.05, 4.69) is 128 Å². The van der Waals surface area contributed by atoms with Gasteiger partial charge >= 0.3 is 0 Å². The second kappa shape index (κ2) is 12.4. The van der Waals surface area contributed by atoms with E-state index in [1.807, 2.05) is 48.5 Å². The lowest BCUT2D eigenvalue weighted by Gasteiger charge is -2.10. The zero-order chi connectivity index (χ0) is 33.4. The normalized spacial score (nSPS) is 11.3. The van der Waals surface area contributed by atoms with Crippen LogP contribution in [0.5, 0.6) is 0 Å². The molecule has 9 rings (SSSR count). The van der Waals surface area contributed by atoms with Gasteiger partial charge in [0, 0.05) is 33.0 Å². The third-order valence-corrected chi connectivity index (χ3v) is 9.23. The van der Waals surface area contributed by atoms with Crippen molar-refractivity contribution in [3.05, 3.63) is 175 Å². The molecule has 50 heavy (non-hydrogen) atoms. The van der Waals surface area contributed by atoms with E-state index in [9.17, 15) is 0 Å². The predicted molar refractivity (Wildman–Crippen MR) is 204 cm³/mol. The van der Waals surface area contributed by atoms with E-state index >= 15 is 0 Å². The summed E-state index contributed by atoms with van der Waals surface area (Å²) in [6.45, 7) is 2.12. The van der Waals surface area contributed by atoms with Crippen molar-refractivity contribution in [2.45, 2.75) is 6.92 Å². The van der Waals surface area contributed by atoms with Crippen molar-refractivity contribution >= 4 is 21.9 Å². The van der Waals surface area contributed by atoms with Crippen LogP contribution in [0.1, 0.15) is 5.56 Å². The summed E-state index contributed by atoms with van der Waals surface area (Å²) in [6.07, 6.45) is 0. The molecule has 2 aromatic heterocycles. The maximum atomic E-state index is 6.64. The number of aromatic nitrogens is 3. The van der Waals surface area contributed by atoms with Crippen LogP contribution in [-0.2, 0) is 0 Å². The predicted octanol–water partition coefficient (Wildman–Crippen LogP) is 12.1. The minimum atomic E-state index is 0.599. The van der Waals surface area contributed by atoms with Gasteiger partial charge in [0.2, 0.25) is 0 Å². The van der Waals surface area contributed by atoms with Gasteiger partial charge in [-0.3, -0.25) is 0 Å². The Morgan fingerprint density at radius 2 is 0.880 bits per heavy atom. The summed E-state index contributed by atoms with van der Waals surface area (Å²) in [5.74, 6) is 1.84. The van der Waals surface area contributed by atoms with Gasteiger partial charge in [0.05, 0.1) is 0 Å². The number of fused-ring (bicyclic) bond motifs is 3. The fraction of sp³-hybridized carbons (Fsp3) is 0.0217. The first kappa shape index (κ1) is 29.5. The molecule has 4 heteroatoms. The molecule has 0 aliphatic heterocycles. The summed E-state index contributed by atoms with van der Waals surface area (Å²) >= 11 is 0. The third kappa shape index (κ3) is 5.43. The van der Waals surface area contributed by atoms with Gasteiger partial charge in [-0.05, 0) is 40.8 Å². The van der Waals surface area contributed by atoms with Crippen LogP contribution < -0.4 is 0 Å². The molecule has 236 valence electrons. The van der Waals surface area contributed by atoms with Crippen molar-refractivity contribution < 1.29 is 4.42 Å². The van der Waals surface area contributed by atoms with Crippen LogP contribution >= 0.6 is 0 Å². The second-order valence-electron chi connectivity index (χ2n) is 12.5. The monoisotopic (exact) mass is 641 g/mol. The Morgan fingerprint density at radius 1 is 0.380 bits per heavy atom. The van der Waals surface area contributed by atoms with Gasteiger partial charge < -0.3 is 4.42 Å². The van der Waals surface area contributed by atoms with Gasteiger partial charge in [0.1, 0.15) is 11.2 Å². The van der Waals surface area contributed by atoms with Crippen LogP contribution in [0.2, 0.25) is 0 Å². The van der Waals surface area contributed by atoms with Crippen LogP contribution in [0.15, 0.2) is 174 Å². The number of rotatable bonds is 6. The van der Waals surface area contributed by atoms with Gasteiger partial charge in [0.15, 0.2) is 17.5 Å². The quantitative estimate of drug-likeness (QED) is 0.181. The summed E-state index contributed by atoms with van der Waals surface area (Å²) in [5, 5.41) is 2.00. The fourth-order valence-electron chi connectivity index (χ4n) is 6.71. The lowest BCUT2D eigenvalue weighted by Crippen LogP contribution is -2.00. The molecule has 0 radical (unpaired) electrons. The molecule has 0 aliphatic rings. The molecular formula is C46H31N3O. The van der Waals surface area contributed by atoms with Gasteiger partial charge in [-0.1, -0.05) is 169 Å². The molecule has 2 heterocycles. The molecule has 0 fully saturated rings. The largest absolute Gasteiger partial charge is 0.455 e. The van der Waals surface area contributed by atoms with Crippen molar-refractivity contribution in [1.82, 2.24) is 15.0 Å². The topological polar surface area (TPSA) is 51.8 Å². The van der Waals surface area contributed by atoms with Gasteiger partial charge in [0.25, 0.3) is 0 Å². The molecule has 4 nitrogen and oxygen atoms in total. The Bertz CT molecular complexity index is 2630. The van der Waals surface area contributed by atoms with Crippen LogP contribution in [0.4, 0.5) is 0 Å². The van der Waals surface area contributed by atoms with E-state index in [1.165, 1.54) is 22.3 Å². The summed E-state index contributed by atoms with van der Waals surface area (Å²) < 4.78 is 6.64. The molecule has 0 bridgehead atoms. The highest BCUT2D eigenvalue weighted by molar-refractivity contribution is 6.15. The molecule has 0 amide bonds. The van der Waals surface area contributed by atoms with E-state index in [4.69, 9.17) is 19.4 Å². The van der Waals surface area contributed by atoms with Crippen LogP contribution in [0, 0.1) is 6.92 Å². The number of hydrogen-bond donors (Lipinski definition) is 0.